The predicted molar refractivity (Wildman–Crippen MR) is 122 cm³/mol. The molecule has 1 fully saturated rings. The Morgan fingerprint density at radius 3 is 1.97 bits per heavy atom. The molecule has 1 saturated carbocycles. The van der Waals surface area contributed by atoms with Crippen molar-refractivity contribution in [3.05, 3.63) is 108 Å². The van der Waals surface area contributed by atoms with Crippen molar-refractivity contribution in [3.8, 4) is 0 Å². The molecule has 0 aromatic heterocycles. The van der Waals surface area contributed by atoms with Gasteiger partial charge in [0, 0.05) is 5.41 Å². The molecule has 1 aliphatic rings. The van der Waals surface area contributed by atoms with Gasteiger partial charge in [-0.3, -0.25) is 4.79 Å². The lowest BCUT2D eigenvalue weighted by Gasteiger charge is -2.18. The largest absolute Gasteiger partial charge is 0.273 e. The second-order valence-electron chi connectivity index (χ2n) is 7.96. The lowest BCUT2D eigenvalue weighted by Crippen LogP contribution is -2.26. The number of carbonyl (C=O) groups excluding carboxylic acids is 1. The molecule has 152 valence electrons. The van der Waals surface area contributed by atoms with Crippen LogP contribution in [0, 0.1) is 5.92 Å². The quantitative estimate of drug-likeness (QED) is 0.385. The number of hydrazone groups is 1. The predicted octanol–water partition coefficient (Wildman–Crippen LogP) is 5.70. The van der Waals surface area contributed by atoms with Crippen molar-refractivity contribution in [1.29, 1.82) is 0 Å². The highest BCUT2D eigenvalue weighted by Gasteiger charge is 2.60. The number of carbonyl (C=O) groups is 1. The summed E-state index contributed by atoms with van der Waals surface area (Å²) >= 11 is 0. The summed E-state index contributed by atoms with van der Waals surface area (Å²) in [6.45, 7) is 2.17. The molecule has 30 heavy (non-hydrogen) atoms. The van der Waals surface area contributed by atoms with Crippen LogP contribution in [-0.2, 0) is 10.2 Å². The summed E-state index contributed by atoms with van der Waals surface area (Å²) in [6, 6.07) is 30.8. The third-order valence-electron chi connectivity index (χ3n) is 6.03. The van der Waals surface area contributed by atoms with Crippen molar-refractivity contribution in [2.45, 2.75) is 38.0 Å². The second-order valence-corrected chi connectivity index (χ2v) is 7.96. The molecule has 0 aliphatic heterocycles. The Labute approximate surface area is 178 Å². The van der Waals surface area contributed by atoms with Crippen LogP contribution in [0.5, 0.6) is 0 Å². The van der Waals surface area contributed by atoms with Crippen molar-refractivity contribution < 1.29 is 4.79 Å². The molecule has 3 aromatic carbocycles. The summed E-state index contributed by atoms with van der Waals surface area (Å²) < 4.78 is 0. The minimum absolute atomic E-state index is 0.00682. The zero-order chi connectivity index (χ0) is 20.8. The van der Waals surface area contributed by atoms with Gasteiger partial charge in [0.2, 0.25) is 5.91 Å². The van der Waals surface area contributed by atoms with Gasteiger partial charge in [0.25, 0.3) is 0 Å². The summed E-state index contributed by atoms with van der Waals surface area (Å²) in [7, 11) is 0. The van der Waals surface area contributed by atoms with Crippen LogP contribution in [0.3, 0.4) is 0 Å². The molecule has 3 heteroatoms. The van der Waals surface area contributed by atoms with E-state index in [1.807, 2.05) is 54.6 Å². The Kier molecular flexibility index (Phi) is 6.08. The molecular weight excluding hydrogens is 368 g/mol. The van der Waals surface area contributed by atoms with E-state index in [0.29, 0.717) is 0 Å². The third kappa shape index (κ3) is 4.06. The fourth-order valence-corrected chi connectivity index (χ4v) is 4.30. The zero-order valence-electron chi connectivity index (χ0n) is 17.4. The van der Waals surface area contributed by atoms with E-state index in [1.165, 1.54) is 11.1 Å². The number of benzene rings is 3. The number of rotatable bonds is 8. The van der Waals surface area contributed by atoms with Crippen LogP contribution in [0.4, 0.5) is 0 Å². The molecule has 0 saturated heterocycles. The molecule has 0 unspecified atom stereocenters. The lowest BCUT2D eigenvalue weighted by molar-refractivity contribution is -0.122. The Balaban J connectivity index is 1.58. The first-order valence-corrected chi connectivity index (χ1v) is 10.8. The number of hydrogen-bond donors (Lipinski definition) is 1. The SMILES string of the molecule is CCCC/C(=N/NC(=O)[C@H]1CC1(c1ccccc1)c1ccccc1)c1ccccc1. The van der Waals surface area contributed by atoms with E-state index in [9.17, 15) is 4.79 Å². The van der Waals surface area contributed by atoms with Gasteiger partial charge in [-0.1, -0.05) is 104 Å². The monoisotopic (exact) mass is 396 g/mol. The van der Waals surface area contributed by atoms with E-state index in [1.54, 1.807) is 0 Å². The Morgan fingerprint density at radius 1 is 0.900 bits per heavy atom. The summed E-state index contributed by atoms with van der Waals surface area (Å²) in [5, 5.41) is 4.56. The fraction of sp³-hybridized carbons (Fsp3) is 0.259. The second kappa shape index (κ2) is 9.08. The number of unbranched alkanes of at least 4 members (excludes halogenated alkanes) is 1. The van der Waals surface area contributed by atoms with Gasteiger partial charge in [0.05, 0.1) is 11.6 Å². The van der Waals surface area contributed by atoms with E-state index in [0.717, 1.165) is 37.0 Å². The molecule has 0 spiro atoms. The normalized spacial score (nSPS) is 17.4. The van der Waals surface area contributed by atoms with E-state index in [2.05, 4.69) is 53.8 Å². The van der Waals surface area contributed by atoms with Crippen LogP contribution in [0.15, 0.2) is 96.1 Å². The van der Waals surface area contributed by atoms with E-state index in [4.69, 9.17) is 0 Å². The van der Waals surface area contributed by atoms with Gasteiger partial charge in [-0.25, -0.2) is 5.43 Å². The maximum atomic E-state index is 13.2. The van der Waals surface area contributed by atoms with Gasteiger partial charge in [-0.05, 0) is 36.0 Å². The Morgan fingerprint density at radius 2 is 1.43 bits per heavy atom. The highest BCUT2D eigenvalue weighted by Crippen LogP contribution is 2.58. The molecule has 0 heterocycles. The standard InChI is InChI=1S/C27H28N2O/c1-2-3-19-25(21-13-7-4-8-14-21)28-29-26(30)24-20-27(24,22-15-9-5-10-16-22)23-17-11-6-12-18-23/h4-18,24H,2-3,19-20H2,1H3,(H,29,30)/b28-25-/t24-/m1/s1. The summed E-state index contributed by atoms with van der Waals surface area (Å²) in [5.74, 6) is -0.123. The fourth-order valence-electron chi connectivity index (χ4n) is 4.30. The topological polar surface area (TPSA) is 41.5 Å². The highest BCUT2D eigenvalue weighted by molar-refractivity contribution is 6.01. The first-order valence-electron chi connectivity index (χ1n) is 10.8. The summed E-state index contributed by atoms with van der Waals surface area (Å²) in [4.78, 5) is 13.2. The number of hydrogen-bond acceptors (Lipinski definition) is 2. The Bertz CT molecular complexity index is 957. The van der Waals surface area contributed by atoms with Crippen LogP contribution in [0.25, 0.3) is 0 Å². The molecule has 4 rings (SSSR count). The smallest absolute Gasteiger partial charge is 0.244 e. The van der Waals surface area contributed by atoms with Gasteiger partial charge in [-0.15, -0.1) is 0 Å². The van der Waals surface area contributed by atoms with Crippen LogP contribution in [-0.4, -0.2) is 11.6 Å². The lowest BCUT2D eigenvalue weighted by atomic mass is 9.85. The van der Waals surface area contributed by atoms with Crippen LogP contribution >= 0.6 is 0 Å². The van der Waals surface area contributed by atoms with Gasteiger partial charge in [-0.2, -0.15) is 5.10 Å². The van der Waals surface area contributed by atoms with Crippen molar-refractivity contribution in [2.24, 2.45) is 11.0 Å². The van der Waals surface area contributed by atoms with Crippen molar-refractivity contribution in [1.82, 2.24) is 5.43 Å². The number of amides is 1. The zero-order valence-corrected chi connectivity index (χ0v) is 17.4. The van der Waals surface area contributed by atoms with Crippen molar-refractivity contribution in [2.75, 3.05) is 0 Å². The molecule has 1 aliphatic carbocycles. The van der Waals surface area contributed by atoms with Crippen LogP contribution < -0.4 is 5.43 Å². The average Bonchev–Trinajstić information content (AvgIpc) is 3.58. The molecule has 0 bridgehead atoms. The number of nitrogens with one attached hydrogen (secondary N) is 1. The molecule has 1 atom stereocenters. The molecular formula is C27H28N2O. The maximum absolute atomic E-state index is 13.2. The van der Waals surface area contributed by atoms with Crippen LogP contribution in [0.2, 0.25) is 0 Å². The molecule has 0 radical (unpaired) electrons. The minimum atomic E-state index is -0.265. The van der Waals surface area contributed by atoms with Crippen molar-refractivity contribution in [3.63, 3.8) is 0 Å². The molecule has 3 aromatic rings. The molecule has 1 amide bonds. The maximum Gasteiger partial charge on any atom is 0.244 e. The average molecular weight is 397 g/mol. The van der Waals surface area contributed by atoms with Gasteiger partial charge in [0.15, 0.2) is 0 Å². The van der Waals surface area contributed by atoms with Gasteiger partial charge >= 0.3 is 0 Å². The first kappa shape index (κ1) is 20.1. The minimum Gasteiger partial charge on any atom is -0.273 e. The van der Waals surface area contributed by atoms with Crippen molar-refractivity contribution >= 4 is 11.6 Å². The van der Waals surface area contributed by atoms with Gasteiger partial charge < -0.3 is 0 Å². The van der Waals surface area contributed by atoms with Gasteiger partial charge in [0.1, 0.15) is 0 Å². The molecule has 1 N–H and O–H groups in total. The van der Waals surface area contributed by atoms with Crippen LogP contribution in [0.1, 0.15) is 49.3 Å². The van der Waals surface area contributed by atoms with E-state index < -0.39 is 0 Å². The summed E-state index contributed by atoms with van der Waals surface area (Å²) in [6.07, 6.45) is 3.80. The third-order valence-corrected chi connectivity index (χ3v) is 6.03. The van der Waals surface area contributed by atoms with E-state index in [-0.39, 0.29) is 17.2 Å². The van der Waals surface area contributed by atoms with E-state index >= 15 is 0 Å². The first-order chi connectivity index (χ1) is 14.8. The molecule has 3 nitrogen and oxygen atoms in total. The summed E-state index contributed by atoms with van der Waals surface area (Å²) in [5.41, 5.74) is 7.02. The number of nitrogens with zero attached hydrogens (tertiary/aromatic N) is 1. The Hall–Kier alpha value is -3.20. The highest BCUT2D eigenvalue weighted by atomic mass is 16.2.